The second kappa shape index (κ2) is 6.59. The van der Waals surface area contributed by atoms with Crippen LogP contribution in [0.15, 0.2) is 36.4 Å². The lowest BCUT2D eigenvalue weighted by atomic mass is 10.0. The van der Waals surface area contributed by atoms with E-state index in [0.29, 0.717) is 5.92 Å². The van der Waals surface area contributed by atoms with Crippen LogP contribution in [0.3, 0.4) is 0 Å². The summed E-state index contributed by atoms with van der Waals surface area (Å²) in [5, 5.41) is 2.74. The summed E-state index contributed by atoms with van der Waals surface area (Å²) in [6, 6.07) is 7.57. The molecule has 0 fully saturated rings. The number of methoxy groups -OCH3 is 1. The van der Waals surface area contributed by atoms with Crippen molar-refractivity contribution in [1.29, 1.82) is 0 Å². The molecule has 0 unspecified atom stereocenters. The van der Waals surface area contributed by atoms with Crippen molar-refractivity contribution in [2.24, 2.45) is 0 Å². The van der Waals surface area contributed by atoms with Crippen molar-refractivity contribution in [3.8, 4) is 0 Å². The van der Waals surface area contributed by atoms with E-state index in [2.05, 4.69) is 23.9 Å². The summed E-state index contributed by atoms with van der Waals surface area (Å²) in [6.07, 6.45) is 2.25. The van der Waals surface area contributed by atoms with Crippen LogP contribution in [0.2, 0.25) is 0 Å². The number of benzene rings is 1. The third-order valence-corrected chi connectivity index (χ3v) is 2.41. The Morgan fingerprint density at radius 1 is 1.22 bits per heavy atom. The molecular formula is C14H17NO3. The fourth-order valence-electron chi connectivity index (χ4n) is 1.50. The molecule has 0 aliphatic rings. The molecule has 0 spiro atoms. The van der Waals surface area contributed by atoms with Gasteiger partial charge in [0.05, 0.1) is 7.11 Å². The van der Waals surface area contributed by atoms with Gasteiger partial charge in [0.15, 0.2) is 0 Å². The van der Waals surface area contributed by atoms with Gasteiger partial charge in [-0.1, -0.05) is 32.0 Å². The average molecular weight is 247 g/mol. The molecule has 0 heterocycles. The maximum Gasteiger partial charge on any atom is 0.330 e. The molecule has 0 atom stereocenters. The highest BCUT2D eigenvalue weighted by Crippen LogP contribution is 2.23. The van der Waals surface area contributed by atoms with E-state index in [9.17, 15) is 9.59 Å². The molecule has 1 aromatic carbocycles. The number of amides is 1. The lowest BCUT2D eigenvalue weighted by molar-refractivity contribution is -0.135. The van der Waals surface area contributed by atoms with Gasteiger partial charge in [-0.25, -0.2) is 4.79 Å². The maximum atomic E-state index is 11.6. The minimum absolute atomic E-state index is 0.311. The Balaban J connectivity index is 2.76. The standard InChI is InChI=1S/C14H17NO3/c1-10(2)11-6-4-5-7-12(11)15-13(16)8-9-14(17)18-3/h4-10H,1-3H3,(H,15,16). The molecule has 1 rings (SSSR count). The Morgan fingerprint density at radius 3 is 2.50 bits per heavy atom. The van der Waals surface area contributed by atoms with Crippen LogP contribution in [0.1, 0.15) is 25.3 Å². The van der Waals surface area contributed by atoms with Gasteiger partial charge in [-0.3, -0.25) is 4.79 Å². The van der Waals surface area contributed by atoms with Crippen molar-refractivity contribution in [3.63, 3.8) is 0 Å². The highest BCUT2D eigenvalue weighted by Gasteiger charge is 2.07. The molecule has 0 aliphatic heterocycles. The van der Waals surface area contributed by atoms with E-state index in [1.807, 2.05) is 24.3 Å². The van der Waals surface area contributed by atoms with Gasteiger partial charge in [0.2, 0.25) is 5.91 Å². The molecule has 1 aromatic rings. The quantitative estimate of drug-likeness (QED) is 0.657. The normalized spacial score (nSPS) is 10.7. The SMILES string of the molecule is COC(=O)C=CC(=O)Nc1ccccc1C(C)C. The summed E-state index contributed by atoms with van der Waals surface area (Å²) in [5.74, 6) is -0.595. The zero-order valence-electron chi connectivity index (χ0n) is 10.8. The van der Waals surface area contributed by atoms with E-state index in [0.717, 1.165) is 23.4 Å². The first kappa shape index (κ1) is 14.0. The second-order valence-electron chi connectivity index (χ2n) is 4.09. The molecule has 96 valence electrons. The van der Waals surface area contributed by atoms with Gasteiger partial charge in [0.1, 0.15) is 0 Å². The summed E-state index contributed by atoms with van der Waals surface area (Å²) in [4.78, 5) is 22.5. The molecule has 1 N–H and O–H groups in total. The number of rotatable bonds is 4. The molecule has 0 aliphatic carbocycles. The summed E-state index contributed by atoms with van der Waals surface area (Å²) >= 11 is 0. The Hall–Kier alpha value is -2.10. The van der Waals surface area contributed by atoms with Crippen LogP contribution >= 0.6 is 0 Å². The lowest BCUT2D eigenvalue weighted by Crippen LogP contribution is -2.11. The van der Waals surface area contributed by atoms with E-state index in [-0.39, 0.29) is 5.91 Å². The molecule has 0 saturated carbocycles. The summed E-state index contributed by atoms with van der Waals surface area (Å²) < 4.78 is 4.41. The number of carbonyl (C=O) groups is 2. The van der Waals surface area contributed by atoms with Crippen molar-refractivity contribution < 1.29 is 14.3 Å². The zero-order chi connectivity index (χ0) is 13.5. The number of hydrogen-bond acceptors (Lipinski definition) is 3. The number of anilines is 1. The van der Waals surface area contributed by atoms with E-state index in [1.165, 1.54) is 7.11 Å². The number of esters is 1. The first-order chi connectivity index (χ1) is 8.54. The van der Waals surface area contributed by atoms with Crippen LogP contribution in [-0.4, -0.2) is 19.0 Å². The van der Waals surface area contributed by atoms with Crippen LogP contribution in [0.25, 0.3) is 0 Å². The molecule has 0 radical (unpaired) electrons. The Morgan fingerprint density at radius 2 is 1.89 bits per heavy atom. The summed E-state index contributed by atoms with van der Waals surface area (Å²) in [5.41, 5.74) is 1.81. The van der Waals surface area contributed by atoms with Gasteiger partial charge < -0.3 is 10.1 Å². The minimum Gasteiger partial charge on any atom is -0.466 e. The van der Waals surface area contributed by atoms with Gasteiger partial charge in [0.25, 0.3) is 0 Å². The van der Waals surface area contributed by atoms with Crippen molar-refractivity contribution in [2.45, 2.75) is 19.8 Å². The predicted molar refractivity (Wildman–Crippen MR) is 70.3 cm³/mol. The fraction of sp³-hybridized carbons (Fsp3) is 0.286. The topological polar surface area (TPSA) is 55.4 Å². The van der Waals surface area contributed by atoms with Gasteiger partial charge in [-0.2, -0.15) is 0 Å². The Labute approximate surface area is 107 Å². The molecule has 0 bridgehead atoms. The number of carbonyl (C=O) groups excluding carboxylic acids is 2. The highest BCUT2D eigenvalue weighted by molar-refractivity contribution is 6.02. The molecule has 1 amide bonds. The third-order valence-electron chi connectivity index (χ3n) is 2.41. The number of nitrogens with one attached hydrogen (secondary N) is 1. The molecule has 18 heavy (non-hydrogen) atoms. The van der Waals surface area contributed by atoms with Crippen LogP contribution in [0.5, 0.6) is 0 Å². The fourth-order valence-corrected chi connectivity index (χ4v) is 1.50. The third kappa shape index (κ3) is 4.05. The van der Waals surface area contributed by atoms with Gasteiger partial charge in [0, 0.05) is 17.8 Å². The molecule has 0 saturated heterocycles. The van der Waals surface area contributed by atoms with E-state index in [1.54, 1.807) is 0 Å². The Kier molecular flexibility index (Phi) is 5.11. The van der Waals surface area contributed by atoms with Crippen molar-refractivity contribution in [1.82, 2.24) is 0 Å². The average Bonchev–Trinajstić information content (AvgIpc) is 2.36. The molecule has 4 nitrogen and oxygen atoms in total. The van der Waals surface area contributed by atoms with Gasteiger partial charge in [-0.15, -0.1) is 0 Å². The van der Waals surface area contributed by atoms with E-state index >= 15 is 0 Å². The number of para-hydroxylation sites is 1. The largest absolute Gasteiger partial charge is 0.466 e. The van der Waals surface area contributed by atoms with Crippen molar-refractivity contribution in [3.05, 3.63) is 42.0 Å². The molecular weight excluding hydrogens is 230 g/mol. The lowest BCUT2D eigenvalue weighted by Gasteiger charge is -2.12. The monoisotopic (exact) mass is 247 g/mol. The van der Waals surface area contributed by atoms with Crippen LogP contribution in [0.4, 0.5) is 5.69 Å². The van der Waals surface area contributed by atoms with Crippen molar-refractivity contribution in [2.75, 3.05) is 12.4 Å². The van der Waals surface area contributed by atoms with E-state index in [4.69, 9.17) is 0 Å². The maximum absolute atomic E-state index is 11.6. The number of ether oxygens (including phenoxy) is 1. The van der Waals surface area contributed by atoms with Crippen LogP contribution < -0.4 is 5.32 Å². The van der Waals surface area contributed by atoms with Crippen LogP contribution in [-0.2, 0) is 14.3 Å². The molecule has 0 aromatic heterocycles. The first-order valence-electron chi connectivity index (χ1n) is 5.70. The van der Waals surface area contributed by atoms with Crippen LogP contribution in [0, 0.1) is 0 Å². The first-order valence-corrected chi connectivity index (χ1v) is 5.70. The van der Waals surface area contributed by atoms with Gasteiger partial charge in [-0.05, 0) is 17.5 Å². The van der Waals surface area contributed by atoms with Gasteiger partial charge >= 0.3 is 5.97 Å². The summed E-state index contributed by atoms with van der Waals surface area (Å²) in [6.45, 7) is 4.10. The van der Waals surface area contributed by atoms with E-state index < -0.39 is 5.97 Å². The Bertz CT molecular complexity index is 464. The summed E-state index contributed by atoms with van der Waals surface area (Å²) in [7, 11) is 1.26. The zero-order valence-corrected chi connectivity index (χ0v) is 10.8. The van der Waals surface area contributed by atoms with Crippen molar-refractivity contribution >= 4 is 17.6 Å². The molecule has 4 heteroatoms. The second-order valence-corrected chi connectivity index (χ2v) is 4.09. The number of hydrogen-bond donors (Lipinski definition) is 1. The predicted octanol–water partition coefficient (Wildman–Crippen LogP) is 2.48. The smallest absolute Gasteiger partial charge is 0.330 e. The minimum atomic E-state index is -0.553. The highest BCUT2D eigenvalue weighted by atomic mass is 16.5.